The minimum absolute atomic E-state index is 0.0688. The first-order valence-corrected chi connectivity index (χ1v) is 9.28. The summed E-state index contributed by atoms with van der Waals surface area (Å²) in [4.78, 5) is 22.2. The van der Waals surface area contributed by atoms with E-state index in [9.17, 15) is 4.79 Å². The lowest BCUT2D eigenvalue weighted by molar-refractivity contribution is -0.130. The maximum atomic E-state index is 12.6. The van der Waals surface area contributed by atoms with Gasteiger partial charge in [-0.2, -0.15) is 10.2 Å². The molecule has 0 saturated carbocycles. The van der Waals surface area contributed by atoms with E-state index in [0.717, 1.165) is 44.7 Å². The van der Waals surface area contributed by atoms with Gasteiger partial charge in [-0.1, -0.05) is 0 Å². The molecule has 1 N–H and O–H groups in total. The highest BCUT2D eigenvalue weighted by Gasteiger charge is 2.19. The van der Waals surface area contributed by atoms with Crippen LogP contribution in [-0.2, 0) is 24.9 Å². The quantitative estimate of drug-likeness (QED) is 0.512. The monoisotopic (exact) mass is 375 g/mol. The number of pyridine rings is 1. The minimum atomic E-state index is 0.0688. The van der Waals surface area contributed by atoms with Crippen LogP contribution >= 0.6 is 0 Å². The van der Waals surface area contributed by atoms with Gasteiger partial charge in [-0.05, 0) is 13.0 Å². The molecule has 1 amide bonds. The number of aromatic amines is 1. The first kappa shape index (κ1) is 16.7. The summed E-state index contributed by atoms with van der Waals surface area (Å²) in [6.45, 7) is 2.99. The van der Waals surface area contributed by atoms with E-state index in [0.29, 0.717) is 19.5 Å². The number of H-pyrrole nitrogens is 1. The van der Waals surface area contributed by atoms with Crippen LogP contribution < -0.4 is 0 Å². The normalized spacial score (nSPS) is 14.5. The molecule has 0 atom stereocenters. The van der Waals surface area contributed by atoms with Crippen LogP contribution in [0.3, 0.4) is 0 Å². The van der Waals surface area contributed by atoms with E-state index >= 15 is 0 Å². The number of fused-ring (bicyclic) bond motifs is 6. The Morgan fingerprint density at radius 3 is 2.82 bits per heavy atom. The molecule has 4 bridgehead atoms. The molecule has 142 valence electrons. The number of aryl methyl sites for hydroxylation is 3. The van der Waals surface area contributed by atoms with Gasteiger partial charge in [0.2, 0.25) is 5.91 Å². The molecule has 1 aliphatic rings. The maximum Gasteiger partial charge on any atom is 0.224 e. The number of amides is 1. The molecule has 8 nitrogen and oxygen atoms in total. The second kappa shape index (κ2) is 6.05. The molecule has 5 rings (SSSR count). The summed E-state index contributed by atoms with van der Waals surface area (Å²) < 4.78 is 3.64. The number of nitrogens with zero attached hydrogens (tertiary/aromatic N) is 6. The molecule has 28 heavy (non-hydrogen) atoms. The highest BCUT2D eigenvalue weighted by Crippen LogP contribution is 2.33. The number of hydrogen-bond donors (Lipinski definition) is 1. The summed E-state index contributed by atoms with van der Waals surface area (Å²) in [5, 5.41) is 10.2. The highest BCUT2D eigenvalue weighted by molar-refractivity contribution is 5.96. The summed E-state index contributed by atoms with van der Waals surface area (Å²) in [5.74, 6) is 0.0688. The van der Waals surface area contributed by atoms with Gasteiger partial charge in [0.1, 0.15) is 5.65 Å². The van der Waals surface area contributed by atoms with Crippen molar-refractivity contribution in [2.45, 2.75) is 26.4 Å². The van der Waals surface area contributed by atoms with Gasteiger partial charge in [0.25, 0.3) is 0 Å². The van der Waals surface area contributed by atoms with Crippen LogP contribution in [0.5, 0.6) is 0 Å². The molecule has 5 heterocycles. The molecule has 1 aliphatic heterocycles. The zero-order chi connectivity index (χ0) is 19.4. The van der Waals surface area contributed by atoms with Crippen molar-refractivity contribution < 1.29 is 4.79 Å². The van der Waals surface area contributed by atoms with E-state index < -0.39 is 0 Å². The fourth-order valence-corrected chi connectivity index (χ4v) is 3.88. The Morgan fingerprint density at radius 1 is 1.11 bits per heavy atom. The molecule has 4 aromatic heterocycles. The third-order valence-electron chi connectivity index (χ3n) is 5.35. The van der Waals surface area contributed by atoms with Crippen molar-refractivity contribution in [3.8, 4) is 22.3 Å². The van der Waals surface area contributed by atoms with Crippen LogP contribution in [0.1, 0.15) is 17.8 Å². The Balaban J connectivity index is 1.76. The van der Waals surface area contributed by atoms with Crippen molar-refractivity contribution in [3.63, 3.8) is 0 Å². The number of carbonyl (C=O) groups excluding carboxylic acids is 1. The van der Waals surface area contributed by atoms with Gasteiger partial charge in [-0.15, -0.1) is 0 Å². The van der Waals surface area contributed by atoms with E-state index in [1.807, 2.05) is 50.5 Å². The number of carbonyl (C=O) groups is 1. The number of nitrogens with one attached hydrogen (secondary N) is 1. The average Bonchev–Trinajstić information content (AvgIpc) is 3.35. The smallest absolute Gasteiger partial charge is 0.224 e. The minimum Gasteiger partial charge on any atom is -0.346 e. The van der Waals surface area contributed by atoms with Crippen molar-refractivity contribution >= 4 is 16.9 Å². The lowest BCUT2D eigenvalue weighted by Gasteiger charge is -2.17. The molecule has 8 heteroatoms. The number of aromatic nitrogens is 6. The second-order valence-corrected chi connectivity index (χ2v) is 7.38. The van der Waals surface area contributed by atoms with E-state index in [1.165, 1.54) is 0 Å². The fraction of sp³-hybridized carbons (Fsp3) is 0.300. The lowest BCUT2D eigenvalue weighted by atomic mass is 10.0. The van der Waals surface area contributed by atoms with Gasteiger partial charge in [0.15, 0.2) is 0 Å². The van der Waals surface area contributed by atoms with E-state index in [-0.39, 0.29) is 5.91 Å². The van der Waals surface area contributed by atoms with Gasteiger partial charge in [0.05, 0.1) is 17.9 Å². The van der Waals surface area contributed by atoms with Crippen LogP contribution in [0.25, 0.3) is 33.3 Å². The SMILES string of the molecule is Cc1nn2cc1-c1c[nH]c3ncc(cc13)-c1cn(C)nc1CN(C)C(=O)CC2. The Bertz CT molecular complexity index is 1210. The maximum absolute atomic E-state index is 12.6. The molecule has 0 aliphatic carbocycles. The fourth-order valence-electron chi connectivity index (χ4n) is 3.88. The van der Waals surface area contributed by atoms with E-state index in [1.54, 1.807) is 9.58 Å². The molecule has 0 saturated heterocycles. The summed E-state index contributed by atoms with van der Waals surface area (Å²) in [7, 11) is 3.71. The van der Waals surface area contributed by atoms with Gasteiger partial charge in [-0.3, -0.25) is 14.2 Å². The van der Waals surface area contributed by atoms with Crippen molar-refractivity contribution in [1.29, 1.82) is 0 Å². The lowest BCUT2D eigenvalue weighted by Crippen LogP contribution is -2.27. The molecular weight excluding hydrogens is 354 g/mol. The molecule has 0 aromatic carbocycles. The standard InChI is InChI=1S/C20H21N7O/c1-12-16-10-27(23-12)5-4-19(28)25(2)11-18-17(9-26(3)24-18)13-6-14-15(16)8-22-20(14)21-7-13/h6-10H,4-5,11H2,1-3H3,(H,21,22). The van der Waals surface area contributed by atoms with Crippen molar-refractivity contribution in [1.82, 2.24) is 34.4 Å². The molecule has 0 unspecified atom stereocenters. The van der Waals surface area contributed by atoms with Crippen molar-refractivity contribution in [2.75, 3.05) is 7.05 Å². The number of hydrogen-bond acceptors (Lipinski definition) is 4. The molecule has 4 aromatic rings. The van der Waals surface area contributed by atoms with Crippen molar-refractivity contribution in [2.24, 2.45) is 7.05 Å². The van der Waals surface area contributed by atoms with E-state index in [4.69, 9.17) is 0 Å². The predicted molar refractivity (Wildman–Crippen MR) is 105 cm³/mol. The zero-order valence-corrected chi connectivity index (χ0v) is 16.1. The van der Waals surface area contributed by atoms with Crippen molar-refractivity contribution in [3.05, 3.63) is 42.2 Å². The van der Waals surface area contributed by atoms with Gasteiger partial charge in [-0.25, -0.2) is 4.98 Å². The largest absolute Gasteiger partial charge is 0.346 e. The van der Waals surface area contributed by atoms with Crippen LogP contribution in [0.4, 0.5) is 0 Å². The van der Waals surface area contributed by atoms with Gasteiger partial charge in [0, 0.05) is 79.5 Å². The van der Waals surface area contributed by atoms with Crippen LogP contribution in [0.15, 0.2) is 30.9 Å². The first-order chi connectivity index (χ1) is 13.5. The van der Waals surface area contributed by atoms with Crippen LogP contribution in [-0.4, -0.2) is 47.4 Å². The summed E-state index contributed by atoms with van der Waals surface area (Å²) in [6.07, 6.45) is 8.23. The van der Waals surface area contributed by atoms with Gasteiger partial charge < -0.3 is 9.88 Å². The molecule has 0 radical (unpaired) electrons. The third-order valence-corrected chi connectivity index (χ3v) is 5.35. The number of rotatable bonds is 0. The topological polar surface area (TPSA) is 84.6 Å². The Kier molecular flexibility index (Phi) is 3.61. The Morgan fingerprint density at radius 2 is 1.96 bits per heavy atom. The van der Waals surface area contributed by atoms with Crippen LogP contribution in [0.2, 0.25) is 0 Å². The Labute approximate surface area is 161 Å². The predicted octanol–water partition coefficient (Wildman–Crippen LogP) is 2.50. The first-order valence-electron chi connectivity index (χ1n) is 9.28. The second-order valence-electron chi connectivity index (χ2n) is 7.38. The highest BCUT2D eigenvalue weighted by atomic mass is 16.2. The van der Waals surface area contributed by atoms with Crippen LogP contribution in [0, 0.1) is 6.92 Å². The van der Waals surface area contributed by atoms with Gasteiger partial charge >= 0.3 is 0 Å². The van der Waals surface area contributed by atoms with E-state index in [2.05, 4.69) is 26.2 Å². The molecule has 0 spiro atoms. The summed E-state index contributed by atoms with van der Waals surface area (Å²) >= 11 is 0. The Hall–Kier alpha value is -3.42. The summed E-state index contributed by atoms with van der Waals surface area (Å²) in [6, 6.07) is 2.14. The summed E-state index contributed by atoms with van der Waals surface area (Å²) in [5.41, 5.74) is 6.74. The zero-order valence-electron chi connectivity index (χ0n) is 16.1. The average molecular weight is 375 g/mol. The third kappa shape index (κ3) is 2.60. The molecule has 0 fully saturated rings. The molecular formula is C20H21N7O.